The molecule has 0 aliphatic heterocycles. The van der Waals surface area contributed by atoms with Crippen LogP contribution in [0.4, 0.5) is 5.69 Å². The summed E-state index contributed by atoms with van der Waals surface area (Å²) in [5.74, 6) is 0.137. The quantitative estimate of drug-likeness (QED) is 0.160. The lowest BCUT2D eigenvalue weighted by Gasteiger charge is -2.21. The molecule has 2 amide bonds. The number of nitrogens with one attached hydrogen (secondary N) is 2. The van der Waals surface area contributed by atoms with Crippen LogP contribution < -0.4 is 20.2 Å². The van der Waals surface area contributed by atoms with Crippen LogP contribution >= 0.6 is 0 Å². The number of carbonyl (C=O) groups is 2. The maximum Gasteiger partial charge on any atom is 0.262 e. The first-order chi connectivity index (χ1) is 21.2. The van der Waals surface area contributed by atoms with Crippen molar-refractivity contribution >= 4 is 33.7 Å². The highest BCUT2D eigenvalue weighted by molar-refractivity contribution is 7.89. The Kier molecular flexibility index (Phi) is 11.2. The maximum atomic E-state index is 13.4. The van der Waals surface area contributed by atoms with Crippen molar-refractivity contribution in [2.24, 2.45) is 5.10 Å². The minimum Gasteiger partial charge on any atom is -0.497 e. The number of rotatable bonds is 14. The number of carbonyl (C=O) groups excluding carboxylic acids is 2. The lowest BCUT2D eigenvalue weighted by molar-refractivity contribution is -0.121. The molecule has 0 heterocycles. The SMILES string of the molecule is COc1ccc(S(=O)(=O)N(CCc2ccccc2)CC(=O)N/N=C/c2ccc(OCC(=O)Nc3ccc(C)cc3)cc2)cc1. The van der Waals surface area contributed by atoms with E-state index in [9.17, 15) is 18.0 Å². The summed E-state index contributed by atoms with van der Waals surface area (Å²) in [4.78, 5) is 25.0. The number of ether oxygens (including phenoxy) is 2. The Morgan fingerprint density at radius 3 is 2.16 bits per heavy atom. The van der Waals surface area contributed by atoms with Gasteiger partial charge in [0.2, 0.25) is 10.0 Å². The van der Waals surface area contributed by atoms with Gasteiger partial charge in [0.25, 0.3) is 11.8 Å². The fraction of sp³-hybridized carbons (Fsp3) is 0.182. The Morgan fingerprint density at radius 1 is 0.841 bits per heavy atom. The van der Waals surface area contributed by atoms with E-state index in [2.05, 4.69) is 15.8 Å². The fourth-order valence-corrected chi connectivity index (χ4v) is 5.48. The number of hydrogen-bond acceptors (Lipinski definition) is 7. The molecule has 0 bridgehead atoms. The topological polar surface area (TPSA) is 126 Å². The van der Waals surface area contributed by atoms with E-state index in [1.807, 2.05) is 61.5 Å². The van der Waals surface area contributed by atoms with Gasteiger partial charge >= 0.3 is 0 Å². The fourth-order valence-electron chi connectivity index (χ4n) is 4.09. The molecular weight excluding hydrogens is 580 g/mol. The number of nitrogens with zero attached hydrogens (tertiary/aromatic N) is 2. The number of sulfonamides is 1. The third-order valence-electron chi connectivity index (χ3n) is 6.50. The van der Waals surface area contributed by atoms with Gasteiger partial charge in [-0.3, -0.25) is 9.59 Å². The molecule has 4 aromatic rings. The van der Waals surface area contributed by atoms with Crippen LogP contribution in [-0.2, 0) is 26.0 Å². The first-order valence-corrected chi connectivity index (χ1v) is 15.3. The van der Waals surface area contributed by atoms with Gasteiger partial charge in [-0.15, -0.1) is 0 Å². The maximum absolute atomic E-state index is 13.4. The Hall–Kier alpha value is -5.00. The normalized spacial score (nSPS) is 11.3. The van der Waals surface area contributed by atoms with Gasteiger partial charge in [0.05, 0.1) is 24.8 Å². The summed E-state index contributed by atoms with van der Waals surface area (Å²) in [7, 11) is -2.48. The van der Waals surface area contributed by atoms with E-state index in [1.165, 1.54) is 25.5 Å². The summed E-state index contributed by atoms with van der Waals surface area (Å²) in [5, 5.41) is 6.75. The van der Waals surface area contributed by atoms with Crippen molar-refractivity contribution in [3.05, 3.63) is 120 Å². The summed E-state index contributed by atoms with van der Waals surface area (Å²) in [6.07, 6.45) is 1.85. The number of hydrogen-bond donors (Lipinski definition) is 2. The molecule has 228 valence electrons. The van der Waals surface area contributed by atoms with Crippen LogP contribution in [0.3, 0.4) is 0 Å². The molecule has 0 radical (unpaired) electrons. The molecule has 44 heavy (non-hydrogen) atoms. The molecule has 4 aromatic carbocycles. The summed E-state index contributed by atoms with van der Waals surface area (Å²) in [6, 6.07) is 29.7. The van der Waals surface area contributed by atoms with Crippen molar-refractivity contribution in [2.45, 2.75) is 18.2 Å². The van der Waals surface area contributed by atoms with Crippen molar-refractivity contribution in [3.8, 4) is 11.5 Å². The van der Waals surface area contributed by atoms with Gasteiger partial charge in [-0.2, -0.15) is 9.41 Å². The standard InChI is InChI=1S/C33H34N4O6S/c1-25-8-12-28(13-9-25)35-33(39)24-43-30-14-10-27(11-15-30)22-34-36-32(38)23-37(21-20-26-6-4-3-5-7-26)44(40,41)31-18-16-29(42-2)17-19-31/h3-19,22H,20-21,23-24H2,1-2H3,(H,35,39)(H,36,38)/b34-22+. The van der Waals surface area contributed by atoms with E-state index in [0.29, 0.717) is 29.2 Å². The van der Waals surface area contributed by atoms with Gasteiger partial charge in [-0.05, 0) is 85.1 Å². The van der Waals surface area contributed by atoms with E-state index in [4.69, 9.17) is 9.47 Å². The Balaban J connectivity index is 1.32. The summed E-state index contributed by atoms with van der Waals surface area (Å²) >= 11 is 0. The zero-order valence-electron chi connectivity index (χ0n) is 24.5. The Morgan fingerprint density at radius 2 is 1.50 bits per heavy atom. The molecule has 0 aromatic heterocycles. The highest BCUT2D eigenvalue weighted by atomic mass is 32.2. The number of anilines is 1. The van der Waals surface area contributed by atoms with Crippen LogP contribution in [-0.4, -0.2) is 57.6 Å². The molecule has 10 nitrogen and oxygen atoms in total. The smallest absolute Gasteiger partial charge is 0.262 e. The highest BCUT2D eigenvalue weighted by Crippen LogP contribution is 2.20. The second-order valence-electron chi connectivity index (χ2n) is 9.81. The summed E-state index contributed by atoms with van der Waals surface area (Å²) in [6.45, 7) is 1.49. The minimum atomic E-state index is -3.98. The molecule has 0 spiro atoms. The van der Waals surface area contributed by atoms with Crippen LogP contribution in [0, 0.1) is 6.92 Å². The van der Waals surface area contributed by atoms with Crippen LogP contribution in [0.5, 0.6) is 11.5 Å². The van der Waals surface area contributed by atoms with Gasteiger partial charge in [0.1, 0.15) is 11.5 Å². The molecular formula is C33H34N4O6S. The molecule has 11 heteroatoms. The van der Waals surface area contributed by atoms with Crippen LogP contribution in [0.15, 0.2) is 113 Å². The zero-order valence-corrected chi connectivity index (χ0v) is 25.3. The second-order valence-corrected chi connectivity index (χ2v) is 11.8. The van der Waals surface area contributed by atoms with Crippen molar-refractivity contribution in [1.82, 2.24) is 9.73 Å². The molecule has 0 unspecified atom stereocenters. The van der Waals surface area contributed by atoms with E-state index < -0.39 is 22.5 Å². The summed E-state index contributed by atoms with van der Waals surface area (Å²) < 4.78 is 38.7. The van der Waals surface area contributed by atoms with Crippen molar-refractivity contribution in [3.63, 3.8) is 0 Å². The van der Waals surface area contributed by atoms with E-state index >= 15 is 0 Å². The Bertz CT molecular complexity index is 1660. The lowest BCUT2D eigenvalue weighted by atomic mass is 10.1. The second kappa shape index (κ2) is 15.5. The highest BCUT2D eigenvalue weighted by Gasteiger charge is 2.26. The average Bonchev–Trinajstić information content (AvgIpc) is 3.04. The molecule has 0 aliphatic rings. The van der Waals surface area contributed by atoms with E-state index in [0.717, 1.165) is 15.4 Å². The lowest BCUT2D eigenvalue weighted by Crippen LogP contribution is -2.40. The number of methoxy groups -OCH3 is 1. The van der Waals surface area contributed by atoms with Gasteiger partial charge in [-0.25, -0.2) is 13.8 Å². The minimum absolute atomic E-state index is 0.0533. The van der Waals surface area contributed by atoms with Gasteiger partial charge in [-0.1, -0.05) is 48.0 Å². The number of amides is 2. The predicted molar refractivity (Wildman–Crippen MR) is 169 cm³/mol. The van der Waals surface area contributed by atoms with Gasteiger partial charge < -0.3 is 14.8 Å². The summed E-state index contributed by atoms with van der Waals surface area (Å²) in [5.41, 5.74) is 5.80. The van der Waals surface area contributed by atoms with Crippen LogP contribution in [0.1, 0.15) is 16.7 Å². The largest absolute Gasteiger partial charge is 0.497 e. The predicted octanol–water partition coefficient (Wildman–Crippen LogP) is 4.40. The number of benzene rings is 4. The van der Waals surface area contributed by atoms with Gasteiger partial charge in [0.15, 0.2) is 6.61 Å². The molecule has 0 atom stereocenters. The molecule has 0 fully saturated rings. The average molecular weight is 615 g/mol. The monoisotopic (exact) mass is 614 g/mol. The molecule has 0 saturated carbocycles. The van der Waals surface area contributed by atoms with E-state index in [1.54, 1.807) is 36.4 Å². The van der Waals surface area contributed by atoms with E-state index in [-0.39, 0.29) is 24.0 Å². The first-order valence-electron chi connectivity index (χ1n) is 13.8. The van der Waals surface area contributed by atoms with Gasteiger partial charge in [0, 0.05) is 12.2 Å². The third-order valence-corrected chi connectivity index (χ3v) is 8.36. The zero-order chi connectivity index (χ0) is 31.4. The Labute approximate surface area is 257 Å². The van der Waals surface area contributed by atoms with Crippen molar-refractivity contribution in [1.29, 1.82) is 0 Å². The number of aryl methyl sites for hydroxylation is 1. The van der Waals surface area contributed by atoms with Crippen LogP contribution in [0.2, 0.25) is 0 Å². The number of hydrazone groups is 1. The molecule has 0 saturated heterocycles. The van der Waals surface area contributed by atoms with Crippen molar-refractivity contribution < 1.29 is 27.5 Å². The van der Waals surface area contributed by atoms with Crippen molar-refractivity contribution in [2.75, 3.05) is 32.1 Å². The third kappa shape index (κ3) is 9.51. The van der Waals surface area contributed by atoms with Crippen LogP contribution in [0.25, 0.3) is 0 Å². The molecule has 0 aliphatic carbocycles. The molecule has 4 rings (SSSR count). The first kappa shape index (κ1) is 31.9. The molecule has 2 N–H and O–H groups in total.